The number of benzene rings is 2. The number of nitrogens with zero attached hydrogens (tertiary/aromatic N) is 1. The molecule has 0 bridgehead atoms. The van der Waals surface area contributed by atoms with E-state index in [-0.39, 0.29) is 24.8 Å². The minimum atomic E-state index is -0.711. The number of nitrogens with one attached hydrogen (secondary N) is 1. The Hall–Kier alpha value is -1.46. The second-order valence-electron chi connectivity index (χ2n) is 8.10. The van der Waals surface area contributed by atoms with Crippen LogP contribution in [0.4, 0.5) is 0 Å². The zero-order valence-electron chi connectivity index (χ0n) is 17.2. The summed E-state index contributed by atoms with van der Waals surface area (Å²) in [6.45, 7) is 7.54. The van der Waals surface area contributed by atoms with Crippen molar-refractivity contribution in [2.75, 3.05) is 0 Å². The lowest BCUT2D eigenvalue weighted by Gasteiger charge is -2.31. The van der Waals surface area contributed by atoms with E-state index >= 15 is 0 Å². The van der Waals surface area contributed by atoms with Crippen LogP contribution >= 0.6 is 46.4 Å². The lowest BCUT2D eigenvalue weighted by atomic mass is 10.1. The highest BCUT2D eigenvalue weighted by molar-refractivity contribution is 6.42. The summed E-state index contributed by atoms with van der Waals surface area (Å²) in [4.78, 5) is 27.5. The molecule has 0 aliphatic heterocycles. The van der Waals surface area contributed by atoms with Gasteiger partial charge in [0.2, 0.25) is 11.8 Å². The smallest absolute Gasteiger partial charge is 0.242 e. The summed E-state index contributed by atoms with van der Waals surface area (Å²) in [6, 6.07) is 9.39. The average molecular weight is 490 g/mol. The van der Waals surface area contributed by atoms with Crippen LogP contribution in [0.1, 0.15) is 38.8 Å². The molecular formula is C22H24Cl4N2O2. The first-order valence-corrected chi connectivity index (χ1v) is 10.9. The van der Waals surface area contributed by atoms with Gasteiger partial charge in [-0.15, -0.1) is 0 Å². The van der Waals surface area contributed by atoms with Crippen molar-refractivity contribution in [3.8, 4) is 0 Å². The standard InChI is InChI=1S/C22H24Cl4N2O2/c1-13(21(30)27-22(2,3)4)28(12-14-5-8-17(24)19(26)9-14)20(29)10-15-6-7-16(23)11-18(15)25/h5-9,11,13H,10,12H2,1-4H3,(H,27,30)/t13-/m1/s1. The molecule has 1 N–H and O–H groups in total. The van der Waals surface area contributed by atoms with Gasteiger partial charge in [0.05, 0.1) is 16.5 Å². The molecule has 0 heterocycles. The molecule has 0 aromatic heterocycles. The van der Waals surface area contributed by atoms with E-state index in [0.717, 1.165) is 5.56 Å². The molecule has 2 amide bonds. The number of hydrogen-bond donors (Lipinski definition) is 1. The first-order valence-electron chi connectivity index (χ1n) is 9.36. The molecule has 0 aliphatic carbocycles. The average Bonchev–Trinajstić information content (AvgIpc) is 2.62. The fourth-order valence-electron chi connectivity index (χ4n) is 2.82. The van der Waals surface area contributed by atoms with Gasteiger partial charge in [0.15, 0.2) is 0 Å². The Kier molecular flexibility index (Phi) is 8.46. The summed E-state index contributed by atoms with van der Waals surface area (Å²) in [5.41, 5.74) is 0.965. The maximum Gasteiger partial charge on any atom is 0.242 e. The summed E-state index contributed by atoms with van der Waals surface area (Å²) in [5, 5.41) is 4.61. The van der Waals surface area contributed by atoms with Gasteiger partial charge in [0.1, 0.15) is 6.04 Å². The molecule has 162 valence electrons. The highest BCUT2D eigenvalue weighted by Gasteiger charge is 2.28. The molecule has 0 spiro atoms. The molecule has 4 nitrogen and oxygen atoms in total. The van der Waals surface area contributed by atoms with Gasteiger partial charge >= 0.3 is 0 Å². The Labute approximate surface area is 197 Å². The van der Waals surface area contributed by atoms with Gasteiger partial charge in [-0.25, -0.2) is 0 Å². The molecule has 1 atom stereocenters. The number of halogens is 4. The van der Waals surface area contributed by atoms with Crippen molar-refractivity contribution in [3.63, 3.8) is 0 Å². The van der Waals surface area contributed by atoms with Crippen molar-refractivity contribution in [1.82, 2.24) is 10.2 Å². The van der Waals surface area contributed by atoms with E-state index in [1.807, 2.05) is 20.8 Å². The maximum absolute atomic E-state index is 13.2. The number of carbonyl (C=O) groups is 2. The van der Waals surface area contributed by atoms with E-state index in [2.05, 4.69) is 5.32 Å². The molecule has 30 heavy (non-hydrogen) atoms. The van der Waals surface area contributed by atoms with Crippen LogP contribution < -0.4 is 5.32 Å². The topological polar surface area (TPSA) is 49.4 Å². The SMILES string of the molecule is C[C@H](C(=O)NC(C)(C)C)N(Cc1ccc(Cl)c(Cl)c1)C(=O)Cc1ccc(Cl)cc1Cl. The van der Waals surface area contributed by atoms with E-state index in [1.54, 1.807) is 43.3 Å². The van der Waals surface area contributed by atoms with Crippen LogP contribution in [0.15, 0.2) is 36.4 Å². The van der Waals surface area contributed by atoms with E-state index in [1.165, 1.54) is 4.90 Å². The van der Waals surface area contributed by atoms with Crippen molar-refractivity contribution in [3.05, 3.63) is 67.6 Å². The first-order chi connectivity index (χ1) is 13.9. The molecule has 2 rings (SSSR count). The van der Waals surface area contributed by atoms with E-state index in [4.69, 9.17) is 46.4 Å². The number of hydrogen-bond acceptors (Lipinski definition) is 2. The van der Waals surface area contributed by atoms with Crippen molar-refractivity contribution in [2.24, 2.45) is 0 Å². The zero-order valence-corrected chi connectivity index (χ0v) is 20.3. The molecular weight excluding hydrogens is 466 g/mol. The predicted molar refractivity (Wildman–Crippen MR) is 125 cm³/mol. The second-order valence-corrected chi connectivity index (χ2v) is 9.76. The van der Waals surface area contributed by atoms with Crippen LogP contribution in [0.5, 0.6) is 0 Å². The third-order valence-electron chi connectivity index (χ3n) is 4.36. The molecule has 2 aromatic carbocycles. The molecule has 0 fully saturated rings. The summed E-state index contributed by atoms with van der Waals surface area (Å²) in [6.07, 6.45) is 0.0322. The van der Waals surface area contributed by atoms with Crippen molar-refractivity contribution in [2.45, 2.75) is 52.2 Å². The summed E-state index contributed by atoms with van der Waals surface area (Å²) in [7, 11) is 0. The minimum Gasteiger partial charge on any atom is -0.350 e. The molecule has 0 unspecified atom stereocenters. The molecule has 0 saturated carbocycles. The fraction of sp³-hybridized carbons (Fsp3) is 0.364. The summed E-state index contributed by atoms with van der Waals surface area (Å²) < 4.78 is 0. The van der Waals surface area contributed by atoms with E-state index < -0.39 is 11.6 Å². The molecule has 2 aromatic rings. The molecule has 0 radical (unpaired) electrons. The monoisotopic (exact) mass is 488 g/mol. The maximum atomic E-state index is 13.2. The van der Waals surface area contributed by atoms with Crippen LogP contribution in [-0.2, 0) is 22.6 Å². The predicted octanol–water partition coefficient (Wildman–Crippen LogP) is 6.17. The van der Waals surface area contributed by atoms with Crippen molar-refractivity contribution in [1.29, 1.82) is 0 Å². The van der Waals surface area contributed by atoms with Crippen LogP contribution in [0.3, 0.4) is 0 Å². The van der Waals surface area contributed by atoms with Crippen LogP contribution in [0.25, 0.3) is 0 Å². The van der Waals surface area contributed by atoms with Gasteiger partial charge in [-0.1, -0.05) is 58.5 Å². The van der Waals surface area contributed by atoms with Crippen LogP contribution in [0.2, 0.25) is 20.1 Å². The van der Waals surface area contributed by atoms with Gasteiger partial charge < -0.3 is 10.2 Å². The highest BCUT2D eigenvalue weighted by Crippen LogP contribution is 2.25. The first kappa shape index (κ1) is 24.8. The Morgan fingerprint density at radius 3 is 2.20 bits per heavy atom. The summed E-state index contributed by atoms with van der Waals surface area (Å²) in [5.74, 6) is -0.500. The molecule has 0 saturated heterocycles. The fourth-order valence-corrected chi connectivity index (χ4v) is 3.62. The molecule has 8 heteroatoms. The Morgan fingerprint density at radius 2 is 1.63 bits per heavy atom. The Bertz CT molecular complexity index is 941. The van der Waals surface area contributed by atoms with Crippen LogP contribution in [0, 0.1) is 0 Å². The number of amides is 2. The third-order valence-corrected chi connectivity index (χ3v) is 5.69. The molecule has 0 aliphatic rings. The number of rotatable bonds is 6. The van der Waals surface area contributed by atoms with Crippen molar-refractivity contribution < 1.29 is 9.59 Å². The van der Waals surface area contributed by atoms with E-state index in [9.17, 15) is 9.59 Å². The lowest BCUT2D eigenvalue weighted by Crippen LogP contribution is -2.52. The van der Waals surface area contributed by atoms with Gasteiger partial charge in [-0.3, -0.25) is 9.59 Å². The third kappa shape index (κ3) is 7.05. The largest absolute Gasteiger partial charge is 0.350 e. The lowest BCUT2D eigenvalue weighted by molar-refractivity contribution is -0.140. The van der Waals surface area contributed by atoms with Gasteiger partial charge in [-0.2, -0.15) is 0 Å². The van der Waals surface area contributed by atoms with E-state index in [0.29, 0.717) is 25.7 Å². The van der Waals surface area contributed by atoms with Gasteiger partial charge in [0.25, 0.3) is 0 Å². The quantitative estimate of drug-likeness (QED) is 0.527. The minimum absolute atomic E-state index is 0.0322. The van der Waals surface area contributed by atoms with Gasteiger partial charge in [0, 0.05) is 22.1 Å². The summed E-state index contributed by atoms with van der Waals surface area (Å²) >= 11 is 24.3. The highest BCUT2D eigenvalue weighted by atomic mass is 35.5. The number of carbonyl (C=O) groups excluding carboxylic acids is 2. The van der Waals surface area contributed by atoms with Crippen molar-refractivity contribution >= 4 is 58.2 Å². The van der Waals surface area contributed by atoms with Gasteiger partial charge in [-0.05, 0) is 63.1 Å². The second kappa shape index (κ2) is 10.2. The Morgan fingerprint density at radius 1 is 0.967 bits per heavy atom. The Balaban J connectivity index is 2.32. The van der Waals surface area contributed by atoms with Crippen LogP contribution in [-0.4, -0.2) is 28.3 Å². The zero-order chi connectivity index (χ0) is 22.6. The normalized spacial score (nSPS) is 12.4.